The number of unbranched alkanes of at least 4 members (excludes halogenated alkanes) is 1. The molecule has 0 aromatic carbocycles. The Bertz CT molecular complexity index is 91.1. The van der Waals surface area contributed by atoms with Crippen LogP contribution in [-0.2, 0) is 0 Å². The van der Waals surface area contributed by atoms with Crippen LogP contribution in [0.5, 0.6) is 0 Å². The van der Waals surface area contributed by atoms with E-state index in [2.05, 4.69) is 0 Å². The molecule has 0 bridgehead atoms. The SMILES string of the molecule is CCCCC(F)=C[Si]F. The third kappa shape index (κ3) is 5.69. The molecule has 0 fully saturated rings. The van der Waals surface area contributed by atoms with Crippen molar-refractivity contribution in [1.29, 1.82) is 0 Å². The number of rotatable bonds is 4. The normalized spacial score (nSPS) is 12.1. The molecule has 2 radical (unpaired) electrons. The van der Waals surface area contributed by atoms with Gasteiger partial charge < -0.3 is 4.11 Å². The molecule has 0 N–H and O–H groups in total. The van der Waals surface area contributed by atoms with Crippen molar-refractivity contribution in [2.24, 2.45) is 0 Å². The van der Waals surface area contributed by atoms with E-state index in [1.54, 1.807) is 0 Å². The molecule has 0 aromatic rings. The lowest BCUT2D eigenvalue weighted by Gasteiger charge is -1.90. The van der Waals surface area contributed by atoms with Crippen molar-refractivity contribution >= 4 is 9.85 Å². The van der Waals surface area contributed by atoms with Crippen molar-refractivity contribution in [2.75, 3.05) is 0 Å². The van der Waals surface area contributed by atoms with Crippen molar-refractivity contribution < 1.29 is 8.50 Å². The first-order chi connectivity index (χ1) is 4.31. The van der Waals surface area contributed by atoms with Gasteiger partial charge in [-0.15, -0.1) is 0 Å². The van der Waals surface area contributed by atoms with Crippen molar-refractivity contribution in [1.82, 2.24) is 0 Å². The summed E-state index contributed by atoms with van der Waals surface area (Å²) >= 11 is 0. The second kappa shape index (κ2) is 5.94. The molecule has 0 unspecified atom stereocenters. The van der Waals surface area contributed by atoms with Gasteiger partial charge in [0.05, 0.1) is 5.83 Å². The Morgan fingerprint density at radius 3 is 2.78 bits per heavy atom. The molecule has 0 atom stereocenters. The van der Waals surface area contributed by atoms with Gasteiger partial charge in [-0.2, -0.15) is 0 Å². The highest BCUT2D eigenvalue weighted by atomic mass is 28.3. The monoisotopic (exact) mass is 148 g/mol. The molecule has 0 aliphatic carbocycles. The van der Waals surface area contributed by atoms with Gasteiger partial charge in [-0.25, -0.2) is 4.39 Å². The predicted octanol–water partition coefficient (Wildman–Crippen LogP) is 2.58. The van der Waals surface area contributed by atoms with Crippen molar-refractivity contribution in [2.45, 2.75) is 26.2 Å². The zero-order chi connectivity index (χ0) is 7.11. The maximum absolute atomic E-state index is 12.2. The number of hydrogen-bond acceptors (Lipinski definition) is 0. The molecule has 52 valence electrons. The van der Waals surface area contributed by atoms with Crippen LogP contribution in [-0.4, -0.2) is 9.85 Å². The zero-order valence-electron chi connectivity index (χ0n) is 5.45. The molecule has 9 heavy (non-hydrogen) atoms. The topological polar surface area (TPSA) is 0 Å². The Morgan fingerprint density at radius 1 is 1.67 bits per heavy atom. The van der Waals surface area contributed by atoms with Gasteiger partial charge in [-0.05, 0) is 18.5 Å². The molecule has 0 aliphatic heterocycles. The number of allylic oxidation sites excluding steroid dienone is 1. The summed E-state index contributed by atoms with van der Waals surface area (Å²) < 4.78 is 23.6. The summed E-state index contributed by atoms with van der Waals surface area (Å²) in [6.07, 6.45) is 2.16. The average Bonchev–Trinajstić information content (AvgIpc) is 1.85. The average molecular weight is 148 g/mol. The highest BCUT2D eigenvalue weighted by Crippen LogP contribution is 2.06. The molecular weight excluding hydrogens is 138 g/mol. The van der Waals surface area contributed by atoms with Crippen LogP contribution in [0.1, 0.15) is 26.2 Å². The summed E-state index contributed by atoms with van der Waals surface area (Å²) in [5, 5.41) is 0. The molecule has 0 saturated carbocycles. The van der Waals surface area contributed by atoms with Gasteiger partial charge in [0.1, 0.15) is 0 Å². The number of hydrogen-bond donors (Lipinski definition) is 0. The minimum atomic E-state index is -0.888. The highest BCUT2D eigenvalue weighted by Gasteiger charge is 1.92. The van der Waals surface area contributed by atoms with Crippen LogP contribution in [0.25, 0.3) is 0 Å². The highest BCUT2D eigenvalue weighted by molar-refractivity contribution is 6.33. The standard InChI is InChI=1S/C6H10F2Si/c1-2-3-4-6(7)5-9-8/h5H,2-4H2,1H3. The Balaban J connectivity index is 3.25. The van der Waals surface area contributed by atoms with Crippen LogP contribution >= 0.6 is 0 Å². The van der Waals surface area contributed by atoms with E-state index < -0.39 is 9.85 Å². The fourth-order valence-electron chi connectivity index (χ4n) is 0.477. The first-order valence-electron chi connectivity index (χ1n) is 3.02. The maximum atomic E-state index is 12.2. The second-order valence-electron chi connectivity index (χ2n) is 1.80. The quantitative estimate of drug-likeness (QED) is 0.424. The lowest BCUT2D eigenvalue weighted by Crippen LogP contribution is -1.78. The van der Waals surface area contributed by atoms with E-state index in [0.29, 0.717) is 6.42 Å². The van der Waals surface area contributed by atoms with Gasteiger partial charge in [0, 0.05) is 0 Å². The number of halogens is 2. The summed E-state index contributed by atoms with van der Waals surface area (Å²) in [6.45, 7) is 1.98. The Kier molecular flexibility index (Phi) is 5.82. The molecule has 3 heteroatoms. The van der Waals surface area contributed by atoms with Gasteiger partial charge in [-0.1, -0.05) is 13.3 Å². The van der Waals surface area contributed by atoms with Crippen LogP contribution in [0.2, 0.25) is 0 Å². The Morgan fingerprint density at radius 2 is 2.33 bits per heavy atom. The van der Waals surface area contributed by atoms with E-state index in [1.165, 1.54) is 0 Å². The molecule has 0 nitrogen and oxygen atoms in total. The smallest absolute Gasteiger partial charge is 0.309 e. The molecule has 0 spiro atoms. The molecule has 0 rings (SSSR count). The molecule has 0 saturated heterocycles. The van der Waals surface area contributed by atoms with Gasteiger partial charge in [0.2, 0.25) is 0 Å². The largest absolute Gasteiger partial charge is 0.328 e. The van der Waals surface area contributed by atoms with E-state index >= 15 is 0 Å². The van der Waals surface area contributed by atoms with E-state index in [4.69, 9.17) is 0 Å². The summed E-state index contributed by atoms with van der Waals surface area (Å²) in [5.74, 6) is -0.308. The molecule has 0 amide bonds. The second-order valence-corrected chi connectivity index (χ2v) is 2.31. The van der Waals surface area contributed by atoms with Gasteiger partial charge >= 0.3 is 9.85 Å². The lowest BCUT2D eigenvalue weighted by atomic mass is 10.2. The fraction of sp³-hybridized carbons (Fsp3) is 0.667. The minimum absolute atomic E-state index is 0.308. The third-order valence-corrected chi connectivity index (χ3v) is 1.40. The summed E-state index contributed by atoms with van der Waals surface area (Å²) in [6, 6.07) is 0. The summed E-state index contributed by atoms with van der Waals surface area (Å²) in [7, 11) is -0.888. The van der Waals surface area contributed by atoms with Gasteiger partial charge in [0.25, 0.3) is 0 Å². The van der Waals surface area contributed by atoms with Gasteiger partial charge in [-0.3, -0.25) is 0 Å². The van der Waals surface area contributed by atoms with Crippen LogP contribution in [0.15, 0.2) is 11.5 Å². The van der Waals surface area contributed by atoms with Crippen molar-refractivity contribution in [3.63, 3.8) is 0 Å². The van der Waals surface area contributed by atoms with Crippen LogP contribution in [0, 0.1) is 0 Å². The van der Waals surface area contributed by atoms with Crippen LogP contribution in [0.4, 0.5) is 8.50 Å². The maximum Gasteiger partial charge on any atom is 0.328 e. The molecule has 0 aliphatic rings. The zero-order valence-corrected chi connectivity index (χ0v) is 6.45. The predicted molar refractivity (Wildman–Crippen MR) is 35.6 cm³/mol. The molecule has 0 aromatic heterocycles. The first kappa shape index (κ1) is 8.82. The molecular formula is C6H10F2Si. The van der Waals surface area contributed by atoms with Crippen molar-refractivity contribution in [3.05, 3.63) is 11.5 Å². The molecule has 0 heterocycles. The Hall–Kier alpha value is -0.183. The summed E-state index contributed by atoms with van der Waals surface area (Å²) in [5.41, 5.74) is 1.01. The minimum Gasteiger partial charge on any atom is -0.309 e. The van der Waals surface area contributed by atoms with E-state index in [-0.39, 0.29) is 5.83 Å². The van der Waals surface area contributed by atoms with Crippen molar-refractivity contribution in [3.8, 4) is 0 Å². The fourth-order valence-corrected chi connectivity index (χ4v) is 0.740. The third-order valence-electron chi connectivity index (χ3n) is 0.980. The van der Waals surface area contributed by atoms with E-state index in [0.717, 1.165) is 18.5 Å². The van der Waals surface area contributed by atoms with E-state index in [9.17, 15) is 8.50 Å². The Labute approximate surface area is 57.0 Å². The van der Waals surface area contributed by atoms with Crippen LogP contribution < -0.4 is 0 Å². The van der Waals surface area contributed by atoms with Gasteiger partial charge in [0.15, 0.2) is 0 Å². The summed E-state index contributed by atoms with van der Waals surface area (Å²) in [4.78, 5) is 0. The first-order valence-corrected chi connectivity index (χ1v) is 3.97. The van der Waals surface area contributed by atoms with E-state index in [1.807, 2.05) is 6.92 Å². The van der Waals surface area contributed by atoms with Crippen LogP contribution in [0.3, 0.4) is 0 Å². The lowest BCUT2D eigenvalue weighted by molar-refractivity contribution is 0.571.